The van der Waals surface area contributed by atoms with E-state index in [0.29, 0.717) is 24.7 Å². The quantitative estimate of drug-likeness (QED) is 0.397. The summed E-state index contributed by atoms with van der Waals surface area (Å²) in [4.78, 5) is 24.7. The molecule has 2 aromatic carbocycles. The van der Waals surface area contributed by atoms with Crippen molar-refractivity contribution in [2.75, 3.05) is 51.9 Å². The number of sulfonamides is 1. The zero-order valence-electron chi connectivity index (χ0n) is 18.7. The van der Waals surface area contributed by atoms with Crippen molar-refractivity contribution in [1.29, 1.82) is 0 Å². The first-order valence-electron chi connectivity index (χ1n) is 10.4. The normalized spacial score (nSPS) is 14.1. The summed E-state index contributed by atoms with van der Waals surface area (Å²) in [5, 5.41) is 2.54. The maximum Gasteiger partial charge on any atom is 0.338 e. The molecule has 0 spiro atoms. The van der Waals surface area contributed by atoms with Gasteiger partial charge in [0, 0.05) is 18.8 Å². The molecule has 1 N–H and O–H groups in total. The van der Waals surface area contributed by atoms with E-state index < -0.39 is 28.5 Å². The Labute approximate surface area is 198 Å². The van der Waals surface area contributed by atoms with Gasteiger partial charge in [-0.1, -0.05) is 18.7 Å². The maximum atomic E-state index is 12.8. The second kappa shape index (κ2) is 11.6. The van der Waals surface area contributed by atoms with E-state index in [2.05, 4.69) is 11.9 Å². The minimum atomic E-state index is -3.71. The van der Waals surface area contributed by atoms with E-state index in [9.17, 15) is 18.0 Å². The van der Waals surface area contributed by atoms with E-state index in [0.717, 1.165) is 0 Å². The monoisotopic (exact) mass is 490 g/mol. The molecule has 34 heavy (non-hydrogen) atoms. The van der Waals surface area contributed by atoms with Crippen molar-refractivity contribution in [3.63, 3.8) is 0 Å². The molecule has 3 rings (SSSR count). The highest BCUT2D eigenvalue weighted by molar-refractivity contribution is 7.89. The number of benzene rings is 2. The van der Waals surface area contributed by atoms with Crippen molar-refractivity contribution in [1.82, 2.24) is 4.31 Å². The molecule has 1 aliphatic heterocycles. The van der Waals surface area contributed by atoms with Crippen molar-refractivity contribution < 1.29 is 37.0 Å². The van der Waals surface area contributed by atoms with E-state index in [-0.39, 0.29) is 35.8 Å². The number of anilines is 1. The van der Waals surface area contributed by atoms with Gasteiger partial charge in [0.15, 0.2) is 18.1 Å². The van der Waals surface area contributed by atoms with Crippen LogP contribution in [0.3, 0.4) is 0 Å². The molecular weight excluding hydrogens is 464 g/mol. The molecular formula is C23H26N2O8S. The van der Waals surface area contributed by atoms with Crippen LogP contribution in [0, 0.1) is 0 Å². The van der Waals surface area contributed by atoms with Crippen LogP contribution >= 0.6 is 0 Å². The summed E-state index contributed by atoms with van der Waals surface area (Å²) in [6, 6.07) is 10.4. The third-order valence-electron chi connectivity index (χ3n) is 4.82. The highest BCUT2D eigenvalue weighted by Crippen LogP contribution is 2.28. The Morgan fingerprint density at radius 2 is 1.91 bits per heavy atom. The third-order valence-corrected chi connectivity index (χ3v) is 6.71. The van der Waals surface area contributed by atoms with Gasteiger partial charge in [0.25, 0.3) is 5.91 Å². The summed E-state index contributed by atoms with van der Waals surface area (Å²) < 4.78 is 47.8. The zero-order chi connectivity index (χ0) is 24.6. The van der Waals surface area contributed by atoms with Crippen LogP contribution < -0.4 is 14.8 Å². The van der Waals surface area contributed by atoms with Crippen LogP contribution in [0.2, 0.25) is 0 Å². The van der Waals surface area contributed by atoms with Gasteiger partial charge >= 0.3 is 5.97 Å². The largest absolute Gasteiger partial charge is 0.493 e. The standard InChI is InChI=1S/C23H26N2O8S/c1-3-11-32-20-8-7-17(14-21(20)30-2)23(27)33-16-22(26)24-18-5-4-6-19(15-18)34(28,29)25-9-12-31-13-10-25/h3-8,14-15H,1,9-13,16H2,2H3,(H,24,26). The van der Waals surface area contributed by atoms with Crippen molar-refractivity contribution in [3.8, 4) is 11.5 Å². The Morgan fingerprint density at radius 3 is 2.62 bits per heavy atom. The lowest BCUT2D eigenvalue weighted by atomic mass is 10.2. The Hall–Kier alpha value is -3.41. The fraction of sp³-hybridized carbons (Fsp3) is 0.304. The van der Waals surface area contributed by atoms with E-state index >= 15 is 0 Å². The lowest BCUT2D eigenvalue weighted by molar-refractivity contribution is -0.119. The first-order chi connectivity index (χ1) is 16.3. The Kier molecular flexibility index (Phi) is 8.63. The maximum absolute atomic E-state index is 12.8. The van der Waals surface area contributed by atoms with Gasteiger partial charge in [-0.2, -0.15) is 4.31 Å². The molecule has 182 valence electrons. The molecule has 2 aromatic rings. The molecule has 0 saturated carbocycles. The lowest BCUT2D eigenvalue weighted by Crippen LogP contribution is -2.40. The lowest BCUT2D eigenvalue weighted by Gasteiger charge is -2.26. The highest BCUT2D eigenvalue weighted by atomic mass is 32.2. The molecule has 1 aliphatic rings. The number of carbonyl (C=O) groups excluding carboxylic acids is 2. The smallest absolute Gasteiger partial charge is 0.338 e. The molecule has 10 nitrogen and oxygen atoms in total. The number of nitrogens with zero attached hydrogens (tertiary/aromatic N) is 1. The number of carbonyl (C=O) groups is 2. The summed E-state index contributed by atoms with van der Waals surface area (Å²) in [7, 11) is -2.27. The predicted octanol–water partition coefficient (Wildman–Crippen LogP) is 2.08. The van der Waals surface area contributed by atoms with Gasteiger partial charge in [-0.3, -0.25) is 4.79 Å². The van der Waals surface area contributed by atoms with Gasteiger partial charge in [-0.15, -0.1) is 0 Å². The number of nitrogens with one attached hydrogen (secondary N) is 1. The summed E-state index contributed by atoms with van der Waals surface area (Å²) in [6.07, 6.45) is 1.58. The molecule has 0 aromatic heterocycles. The summed E-state index contributed by atoms with van der Waals surface area (Å²) >= 11 is 0. The summed E-state index contributed by atoms with van der Waals surface area (Å²) in [6.45, 7) is 4.48. The molecule has 0 aliphatic carbocycles. The van der Waals surface area contributed by atoms with Crippen LogP contribution in [-0.4, -0.2) is 71.2 Å². The second-order valence-corrected chi connectivity index (χ2v) is 9.07. The van der Waals surface area contributed by atoms with Crippen LogP contribution in [-0.2, 0) is 24.3 Å². The molecule has 0 unspecified atom stereocenters. The number of rotatable bonds is 10. The molecule has 1 fully saturated rings. The first-order valence-corrected chi connectivity index (χ1v) is 11.9. The SMILES string of the molecule is C=CCOc1ccc(C(=O)OCC(=O)Nc2cccc(S(=O)(=O)N3CCOCC3)c2)cc1OC. The van der Waals surface area contributed by atoms with Crippen molar-refractivity contribution >= 4 is 27.6 Å². The van der Waals surface area contributed by atoms with Crippen molar-refractivity contribution in [2.45, 2.75) is 4.90 Å². The summed E-state index contributed by atoms with van der Waals surface area (Å²) in [5.41, 5.74) is 0.440. The Morgan fingerprint density at radius 1 is 1.15 bits per heavy atom. The van der Waals surface area contributed by atoms with Gasteiger partial charge in [0.1, 0.15) is 6.61 Å². The number of hydrogen-bond acceptors (Lipinski definition) is 8. The van der Waals surface area contributed by atoms with E-state index in [1.807, 2.05) is 0 Å². The highest BCUT2D eigenvalue weighted by Gasteiger charge is 2.26. The van der Waals surface area contributed by atoms with Gasteiger partial charge in [-0.05, 0) is 36.4 Å². The van der Waals surface area contributed by atoms with Crippen LogP contribution in [0.4, 0.5) is 5.69 Å². The molecule has 1 heterocycles. The Bertz CT molecular complexity index is 1140. The van der Waals surface area contributed by atoms with Crippen molar-refractivity contribution in [2.24, 2.45) is 0 Å². The minimum absolute atomic E-state index is 0.0510. The molecule has 1 amide bonds. The van der Waals surface area contributed by atoms with Crippen LogP contribution in [0.1, 0.15) is 10.4 Å². The molecule has 0 atom stereocenters. The van der Waals surface area contributed by atoms with Crippen LogP contribution in [0.25, 0.3) is 0 Å². The number of ether oxygens (including phenoxy) is 4. The number of morpholine rings is 1. The molecule has 1 saturated heterocycles. The molecule has 0 radical (unpaired) electrons. The number of esters is 1. The Balaban J connectivity index is 1.59. The van der Waals surface area contributed by atoms with Gasteiger partial charge in [0.05, 0.1) is 30.8 Å². The van der Waals surface area contributed by atoms with E-state index in [4.69, 9.17) is 18.9 Å². The fourth-order valence-corrected chi connectivity index (χ4v) is 4.60. The molecule has 11 heteroatoms. The zero-order valence-corrected chi connectivity index (χ0v) is 19.5. The van der Waals surface area contributed by atoms with Gasteiger partial charge in [0.2, 0.25) is 10.0 Å². The number of hydrogen-bond donors (Lipinski definition) is 1. The number of amides is 1. The van der Waals surface area contributed by atoms with Crippen molar-refractivity contribution in [3.05, 3.63) is 60.7 Å². The van der Waals surface area contributed by atoms with E-state index in [1.54, 1.807) is 18.2 Å². The average molecular weight is 491 g/mol. The second-order valence-electron chi connectivity index (χ2n) is 7.13. The van der Waals surface area contributed by atoms with Crippen LogP contribution in [0.15, 0.2) is 60.0 Å². The summed E-state index contributed by atoms with van der Waals surface area (Å²) in [5.74, 6) is -0.581. The third kappa shape index (κ3) is 6.34. The molecule has 0 bridgehead atoms. The van der Waals surface area contributed by atoms with E-state index in [1.165, 1.54) is 41.7 Å². The van der Waals surface area contributed by atoms with Gasteiger partial charge in [-0.25, -0.2) is 13.2 Å². The van der Waals surface area contributed by atoms with Gasteiger partial charge < -0.3 is 24.3 Å². The fourth-order valence-electron chi connectivity index (χ4n) is 3.14. The number of methoxy groups -OCH3 is 1. The topological polar surface area (TPSA) is 120 Å². The minimum Gasteiger partial charge on any atom is -0.493 e. The predicted molar refractivity (Wildman–Crippen MR) is 124 cm³/mol. The first kappa shape index (κ1) is 25.2. The average Bonchev–Trinajstić information content (AvgIpc) is 2.86. The van der Waals surface area contributed by atoms with Crippen LogP contribution in [0.5, 0.6) is 11.5 Å².